The Morgan fingerprint density at radius 1 is 1.50 bits per heavy atom. The van der Waals surface area contributed by atoms with Crippen LogP contribution in [0.25, 0.3) is 0 Å². The van der Waals surface area contributed by atoms with Crippen LogP contribution >= 0.6 is 22.6 Å². The molecule has 1 N–H and O–H groups in total. The van der Waals surface area contributed by atoms with Crippen LogP contribution in [0.1, 0.15) is 19.5 Å². The lowest BCUT2D eigenvalue weighted by atomic mass is 9.99. The van der Waals surface area contributed by atoms with E-state index in [0.717, 1.165) is 15.7 Å². The number of halogens is 1. The molecule has 0 spiro atoms. The van der Waals surface area contributed by atoms with E-state index in [1.54, 1.807) is 6.33 Å². The van der Waals surface area contributed by atoms with Gasteiger partial charge in [-0.15, -0.1) is 0 Å². The standard InChI is InChI=1S/C10H16IN3/c1-7(2)9(12-3)4-10-8(11)5-13-6-14-10/h5-7,9,12H,4H2,1-3H3. The van der Waals surface area contributed by atoms with Gasteiger partial charge < -0.3 is 5.32 Å². The topological polar surface area (TPSA) is 37.8 Å². The second-order valence-corrected chi connectivity index (χ2v) is 4.82. The summed E-state index contributed by atoms with van der Waals surface area (Å²) in [6, 6.07) is 0.485. The van der Waals surface area contributed by atoms with Crippen molar-refractivity contribution in [1.82, 2.24) is 15.3 Å². The van der Waals surface area contributed by atoms with Crippen LogP contribution in [-0.2, 0) is 6.42 Å². The highest BCUT2D eigenvalue weighted by Crippen LogP contribution is 2.12. The van der Waals surface area contributed by atoms with Crippen molar-refractivity contribution >= 4 is 22.6 Å². The average molecular weight is 305 g/mol. The largest absolute Gasteiger partial charge is 0.316 e. The first kappa shape index (κ1) is 11.8. The van der Waals surface area contributed by atoms with E-state index in [9.17, 15) is 0 Å². The van der Waals surface area contributed by atoms with E-state index in [2.05, 4.69) is 51.7 Å². The average Bonchev–Trinajstić information content (AvgIpc) is 2.16. The highest BCUT2D eigenvalue weighted by molar-refractivity contribution is 14.1. The maximum atomic E-state index is 4.29. The molecule has 0 saturated carbocycles. The molecule has 1 rings (SSSR count). The van der Waals surface area contributed by atoms with Crippen LogP contribution in [-0.4, -0.2) is 23.1 Å². The lowest BCUT2D eigenvalue weighted by molar-refractivity contribution is 0.420. The van der Waals surface area contributed by atoms with Gasteiger partial charge in [-0.1, -0.05) is 13.8 Å². The van der Waals surface area contributed by atoms with Crippen molar-refractivity contribution in [3.8, 4) is 0 Å². The van der Waals surface area contributed by atoms with E-state index in [-0.39, 0.29) is 0 Å². The maximum absolute atomic E-state index is 4.29. The fraction of sp³-hybridized carbons (Fsp3) is 0.600. The Balaban J connectivity index is 2.72. The van der Waals surface area contributed by atoms with Crippen LogP contribution < -0.4 is 5.32 Å². The monoisotopic (exact) mass is 305 g/mol. The van der Waals surface area contributed by atoms with Crippen molar-refractivity contribution in [1.29, 1.82) is 0 Å². The van der Waals surface area contributed by atoms with Crippen LogP contribution in [0.15, 0.2) is 12.5 Å². The molecule has 14 heavy (non-hydrogen) atoms. The minimum atomic E-state index is 0.485. The zero-order valence-corrected chi connectivity index (χ0v) is 10.9. The number of nitrogens with zero attached hydrogens (tertiary/aromatic N) is 2. The lowest BCUT2D eigenvalue weighted by Crippen LogP contribution is -2.33. The van der Waals surface area contributed by atoms with Crippen molar-refractivity contribution in [2.45, 2.75) is 26.3 Å². The Labute approximate surface area is 98.9 Å². The summed E-state index contributed by atoms with van der Waals surface area (Å²) in [6.45, 7) is 4.43. The molecule has 3 nitrogen and oxygen atoms in total. The van der Waals surface area contributed by atoms with Crippen molar-refractivity contribution in [2.75, 3.05) is 7.05 Å². The van der Waals surface area contributed by atoms with Crippen LogP contribution in [0.5, 0.6) is 0 Å². The molecule has 4 heteroatoms. The van der Waals surface area contributed by atoms with Gasteiger partial charge in [-0.05, 0) is 35.6 Å². The smallest absolute Gasteiger partial charge is 0.115 e. The molecule has 0 bridgehead atoms. The normalized spacial score (nSPS) is 13.2. The van der Waals surface area contributed by atoms with E-state index in [1.807, 2.05) is 13.2 Å². The predicted octanol–water partition coefficient (Wildman–Crippen LogP) is 1.87. The molecule has 0 aliphatic carbocycles. The molecule has 0 saturated heterocycles. The second-order valence-electron chi connectivity index (χ2n) is 3.66. The minimum absolute atomic E-state index is 0.485. The Morgan fingerprint density at radius 3 is 2.71 bits per heavy atom. The van der Waals surface area contributed by atoms with Crippen molar-refractivity contribution in [3.63, 3.8) is 0 Å². The van der Waals surface area contributed by atoms with Gasteiger partial charge in [-0.2, -0.15) is 0 Å². The van der Waals surface area contributed by atoms with Crippen LogP contribution in [0, 0.1) is 9.49 Å². The summed E-state index contributed by atoms with van der Waals surface area (Å²) in [4.78, 5) is 8.27. The van der Waals surface area contributed by atoms with Gasteiger partial charge >= 0.3 is 0 Å². The van der Waals surface area contributed by atoms with Gasteiger partial charge in [-0.3, -0.25) is 0 Å². The van der Waals surface area contributed by atoms with Gasteiger partial charge in [0, 0.05) is 18.7 Å². The predicted molar refractivity (Wildman–Crippen MR) is 66.1 cm³/mol. The zero-order valence-electron chi connectivity index (χ0n) is 8.79. The van der Waals surface area contributed by atoms with Gasteiger partial charge in [0.15, 0.2) is 0 Å². The molecule has 1 heterocycles. The van der Waals surface area contributed by atoms with Crippen LogP contribution in [0.3, 0.4) is 0 Å². The number of hydrogen-bond donors (Lipinski definition) is 1. The molecule has 0 fully saturated rings. The van der Waals surface area contributed by atoms with Crippen LogP contribution in [0.2, 0.25) is 0 Å². The first-order chi connectivity index (χ1) is 6.65. The molecule has 0 aromatic carbocycles. The van der Waals surface area contributed by atoms with Crippen LogP contribution in [0.4, 0.5) is 0 Å². The summed E-state index contributed by atoms with van der Waals surface area (Å²) < 4.78 is 1.14. The number of nitrogens with one attached hydrogen (secondary N) is 1. The molecule has 1 unspecified atom stereocenters. The number of rotatable bonds is 4. The molecule has 0 aliphatic rings. The SMILES string of the molecule is CNC(Cc1ncncc1I)C(C)C. The maximum Gasteiger partial charge on any atom is 0.115 e. The zero-order chi connectivity index (χ0) is 10.6. The van der Waals surface area contributed by atoms with E-state index in [1.165, 1.54) is 0 Å². The van der Waals surface area contributed by atoms with Crippen molar-refractivity contribution in [2.24, 2.45) is 5.92 Å². The Kier molecular flexibility index (Phi) is 4.74. The Morgan fingerprint density at radius 2 is 2.21 bits per heavy atom. The van der Waals surface area contributed by atoms with Gasteiger partial charge in [0.1, 0.15) is 6.33 Å². The van der Waals surface area contributed by atoms with Gasteiger partial charge in [0.05, 0.1) is 9.26 Å². The molecular formula is C10H16IN3. The first-order valence-corrected chi connectivity index (χ1v) is 5.84. The minimum Gasteiger partial charge on any atom is -0.316 e. The lowest BCUT2D eigenvalue weighted by Gasteiger charge is -2.19. The third-order valence-electron chi connectivity index (χ3n) is 2.33. The highest BCUT2D eigenvalue weighted by atomic mass is 127. The fourth-order valence-corrected chi connectivity index (χ4v) is 1.89. The summed E-state index contributed by atoms with van der Waals surface area (Å²) in [5, 5.41) is 3.31. The van der Waals surface area contributed by atoms with E-state index >= 15 is 0 Å². The molecular weight excluding hydrogens is 289 g/mol. The summed E-state index contributed by atoms with van der Waals surface area (Å²) >= 11 is 2.28. The molecule has 1 aromatic rings. The third kappa shape index (κ3) is 3.16. The van der Waals surface area contributed by atoms with E-state index in [0.29, 0.717) is 12.0 Å². The summed E-state index contributed by atoms with van der Waals surface area (Å²) in [5.41, 5.74) is 1.13. The first-order valence-electron chi connectivity index (χ1n) is 4.76. The second kappa shape index (κ2) is 5.60. The van der Waals surface area contributed by atoms with Gasteiger partial charge in [0.25, 0.3) is 0 Å². The highest BCUT2D eigenvalue weighted by Gasteiger charge is 2.13. The van der Waals surface area contributed by atoms with Gasteiger partial charge in [-0.25, -0.2) is 9.97 Å². The van der Waals surface area contributed by atoms with Crippen molar-refractivity contribution in [3.05, 3.63) is 21.8 Å². The number of likely N-dealkylation sites (N-methyl/N-ethyl adjacent to an activating group) is 1. The summed E-state index contributed by atoms with van der Waals surface area (Å²) in [6.07, 6.45) is 4.44. The number of aromatic nitrogens is 2. The number of hydrogen-bond acceptors (Lipinski definition) is 3. The van der Waals surface area contributed by atoms with E-state index in [4.69, 9.17) is 0 Å². The molecule has 0 aliphatic heterocycles. The summed E-state index contributed by atoms with van der Waals surface area (Å²) in [7, 11) is 2.00. The summed E-state index contributed by atoms with van der Waals surface area (Å²) in [5.74, 6) is 0.616. The molecule has 1 atom stereocenters. The van der Waals surface area contributed by atoms with Crippen molar-refractivity contribution < 1.29 is 0 Å². The van der Waals surface area contributed by atoms with E-state index < -0.39 is 0 Å². The Bertz CT molecular complexity index is 288. The van der Waals surface area contributed by atoms with Gasteiger partial charge in [0.2, 0.25) is 0 Å². The quantitative estimate of drug-likeness (QED) is 0.863. The fourth-order valence-electron chi connectivity index (χ4n) is 1.37. The third-order valence-corrected chi connectivity index (χ3v) is 3.23. The molecule has 0 amide bonds. The Hall–Kier alpha value is -0.230. The molecule has 1 aromatic heterocycles. The molecule has 78 valence electrons. The molecule has 0 radical (unpaired) electrons.